The summed E-state index contributed by atoms with van der Waals surface area (Å²) in [7, 11) is 0. The lowest BCUT2D eigenvalue weighted by molar-refractivity contribution is -0.143. The number of rotatable bonds is 9. The molecule has 0 spiro atoms. The van der Waals surface area contributed by atoms with Crippen molar-refractivity contribution in [1.29, 1.82) is 5.26 Å². The van der Waals surface area contributed by atoms with Crippen LogP contribution in [0.3, 0.4) is 0 Å². The first-order chi connectivity index (χ1) is 14.0. The predicted octanol–water partition coefficient (Wildman–Crippen LogP) is 3.44. The third-order valence-electron chi connectivity index (χ3n) is 3.96. The van der Waals surface area contributed by atoms with Gasteiger partial charge in [-0.05, 0) is 18.1 Å². The summed E-state index contributed by atoms with van der Waals surface area (Å²) in [6.07, 6.45) is 0. The van der Waals surface area contributed by atoms with Gasteiger partial charge in [-0.25, -0.2) is 4.79 Å². The van der Waals surface area contributed by atoms with Crippen molar-refractivity contribution in [3.63, 3.8) is 0 Å². The molecule has 2 aromatic rings. The van der Waals surface area contributed by atoms with E-state index < -0.39 is 5.97 Å². The molecule has 150 valence electrons. The van der Waals surface area contributed by atoms with E-state index in [9.17, 15) is 14.9 Å². The molecular weight excluding hydrogens is 370 g/mol. The van der Waals surface area contributed by atoms with Crippen LogP contribution in [0.25, 0.3) is 5.57 Å². The largest absolute Gasteiger partial charge is 0.463 e. The third-order valence-corrected chi connectivity index (χ3v) is 3.96. The molecule has 0 amide bonds. The molecule has 0 aliphatic rings. The Labute approximate surface area is 170 Å². The molecule has 2 aromatic carbocycles. The van der Waals surface area contributed by atoms with Gasteiger partial charge in [0, 0.05) is 12.5 Å². The van der Waals surface area contributed by atoms with Gasteiger partial charge in [0.05, 0.1) is 13.2 Å². The highest BCUT2D eigenvalue weighted by Crippen LogP contribution is 2.27. The van der Waals surface area contributed by atoms with E-state index in [1.165, 1.54) is 6.92 Å². The van der Waals surface area contributed by atoms with Crippen LogP contribution in [0.2, 0.25) is 0 Å². The monoisotopic (exact) mass is 393 g/mol. The molecule has 0 bridgehead atoms. The molecule has 29 heavy (non-hydrogen) atoms. The minimum Gasteiger partial charge on any atom is -0.463 e. The minimum atomic E-state index is -0.712. The number of hydrogen-bond acceptors (Lipinski definition) is 6. The predicted molar refractivity (Wildman–Crippen MR) is 108 cm³/mol. The summed E-state index contributed by atoms with van der Waals surface area (Å²) < 4.78 is 15.2. The fourth-order valence-electron chi connectivity index (χ4n) is 2.60. The van der Waals surface area contributed by atoms with Crippen molar-refractivity contribution < 1.29 is 23.8 Å². The number of hydrogen-bond donors (Lipinski definition) is 0. The lowest BCUT2D eigenvalue weighted by Gasteiger charge is -2.12. The lowest BCUT2D eigenvalue weighted by atomic mass is 9.93. The van der Waals surface area contributed by atoms with E-state index in [-0.39, 0.29) is 38.0 Å². The molecule has 0 fully saturated rings. The highest BCUT2D eigenvalue weighted by atomic mass is 16.6. The summed E-state index contributed by atoms with van der Waals surface area (Å²) in [5, 5.41) is 9.68. The zero-order chi connectivity index (χ0) is 21.1. The van der Waals surface area contributed by atoms with Gasteiger partial charge in [-0.15, -0.1) is 0 Å². The summed E-state index contributed by atoms with van der Waals surface area (Å²) in [5.41, 5.74) is 3.04. The Balaban J connectivity index is 2.13. The molecule has 0 heterocycles. The highest BCUT2D eigenvalue weighted by molar-refractivity contribution is 6.05. The van der Waals surface area contributed by atoms with Crippen LogP contribution >= 0.6 is 0 Å². The topological polar surface area (TPSA) is 85.6 Å². The number of aryl methyl sites for hydroxylation is 1. The quantitative estimate of drug-likeness (QED) is 0.281. The van der Waals surface area contributed by atoms with E-state index in [1.807, 2.05) is 67.6 Å². The molecular formula is C23H23NO5. The van der Waals surface area contributed by atoms with Gasteiger partial charge in [0.15, 0.2) is 0 Å². The van der Waals surface area contributed by atoms with Crippen molar-refractivity contribution in [2.45, 2.75) is 13.8 Å². The van der Waals surface area contributed by atoms with Gasteiger partial charge in [-0.1, -0.05) is 60.2 Å². The molecule has 6 heteroatoms. The van der Waals surface area contributed by atoms with Gasteiger partial charge in [-0.2, -0.15) is 5.26 Å². The van der Waals surface area contributed by atoms with Crippen LogP contribution in [0.15, 0.2) is 60.2 Å². The maximum atomic E-state index is 12.6. The summed E-state index contributed by atoms with van der Waals surface area (Å²) in [6, 6.07) is 18.9. The summed E-state index contributed by atoms with van der Waals surface area (Å²) in [5.74, 6) is -1.09. The average molecular weight is 393 g/mol. The van der Waals surface area contributed by atoms with Crippen LogP contribution in [-0.4, -0.2) is 38.4 Å². The number of nitriles is 1. The maximum Gasteiger partial charge on any atom is 0.349 e. The first-order valence-corrected chi connectivity index (χ1v) is 9.18. The molecule has 0 saturated carbocycles. The Morgan fingerprint density at radius 3 is 2.03 bits per heavy atom. The maximum absolute atomic E-state index is 12.6. The van der Waals surface area contributed by atoms with Gasteiger partial charge in [0.2, 0.25) is 0 Å². The SMILES string of the molecule is CC(=O)OCCOCCOC(=O)/C(C#N)=C(\c1ccccc1)c1ccc(C)cc1. The second-order valence-electron chi connectivity index (χ2n) is 6.18. The Morgan fingerprint density at radius 1 is 0.862 bits per heavy atom. The molecule has 0 aliphatic heterocycles. The Morgan fingerprint density at radius 2 is 1.45 bits per heavy atom. The van der Waals surface area contributed by atoms with Gasteiger partial charge >= 0.3 is 11.9 Å². The van der Waals surface area contributed by atoms with Crippen molar-refractivity contribution in [2.24, 2.45) is 0 Å². The number of carbonyl (C=O) groups is 2. The van der Waals surface area contributed by atoms with Crippen molar-refractivity contribution in [3.8, 4) is 6.07 Å². The number of esters is 2. The van der Waals surface area contributed by atoms with E-state index in [0.29, 0.717) is 5.57 Å². The Bertz CT molecular complexity index is 895. The minimum absolute atomic E-state index is 0.0138. The molecule has 0 aromatic heterocycles. The first kappa shape index (κ1) is 21.9. The zero-order valence-electron chi connectivity index (χ0n) is 16.5. The van der Waals surface area contributed by atoms with Crippen molar-refractivity contribution in [2.75, 3.05) is 26.4 Å². The summed E-state index contributed by atoms with van der Waals surface area (Å²) >= 11 is 0. The summed E-state index contributed by atoms with van der Waals surface area (Å²) in [6.45, 7) is 3.75. The average Bonchev–Trinajstić information content (AvgIpc) is 2.72. The fraction of sp³-hybridized carbons (Fsp3) is 0.261. The molecule has 0 unspecified atom stereocenters. The van der Waals surface area contributed by atoms with Gasteiger partial charge < -0.3 is 14.2 Å². The smallest absolute Gasteiger partial charge is 0.349 e. The highest BCUT2D eigenvalue weighted by Gasteiger charge is 2.20. The van der Waals surface area contributed by atoms with Gasteiger partial charge in [0.25, 0.3) is 0 Å². The third kappa shape index (κ3) is 6.91. The van der Waals surface area contributed by atoms with Crippen LogP contribution in [0.4, 0.5) is 0 Å². The summed E-state index contributed by atoms with van der Waals surface area (Å²) in [4.78, 5) is 23.2. The molecule has 0 N–H and O–H groups in total. The number of nitrogens with zero attached hydrogens (tertiary/aromatic N) is 1. The fourth-order valence-corrected chi connectivity index (χ4v) is 2.60. The Kier molecular flexibility index (Phi) is 8.61. The standard InChI is InChI=1S/C23H23NO5/c1-17-8-10-20(11-9-17)22(19-6-4-3-5-7-19)21(16-24)23(26)29-15-13-27-12-14-28-18(2)25/h3-11H,12-15H2,1-2H3/b22-21+. The van der Waals surface area contributed by atoms with Gasteiger partial charge in [0.1, 0.15) is 24.9 Å². The van der Waals surface area contributed by atoms with E-state index in [0.717, 1.165) is 16.7 Å². The van der Waals surface area contributed by atoms with Crippen molar-refractivity contribution in [3.05, 3.63) is 76.9 Å². The van der Waals surface area contributed by atoms with E-state index in [2.05, 4.69) is 0 Å². The molecule has 0 radical (unpaired) electrons. The second kappa shape index (κ2) is 11.4. The van der Waals surface area contributed by atoms with Crippen LogP contribution in [0, 0.1) is 18.3 Å². The zero-order valence-corrected chi connectivity index (χ0v) is 16.5. The second-order valence-corrected chi connectivity index (χ2v) is 6.18. The molecule has 2 rings (SSSR count). The van der Waals surface area contributed by atoms with E-state index >= 15 is 0 Å². The number of carbonyl (C=O) groups excluding carboxylic acids is 2. The Hall–Kier alpha value is -3.43. The van der Waals surface area contributed by atoms with Crippen LogP contribution in [-0.2, 0) is 23.8 Å². The number of benzene rings is 2. The van der Waals surface area contributed by atoms with Crippen molar-refractivity contribution in [1.82, 2.24) is 0 Å². The first-order valence-electron chi connectivity index (χ1n) is 9.18. The van der Waals surface area contributed by atoms with E-state index in [4.69, 9.17) is 14.2 Å². The molecule has 0 aliphatic carbocycles. The normalized spacial score (nSPS) is 11.2. The van der Waals surface area contributed by atoms with Crippen molar-refractivity contribution >= 4 is 17.5 Å². The van der Waals surface area contributed by atoms with E-state index in [1.54, 1.807) is 0 Å². The molecule has 0 atom stereocenters. The van der Waals surface area contributed by atoms with Crippen LogP contribution < -0.4 is 0 Å². The van der Waals surface area contributed by atoms with Gasteiger partial charge in [-0.3, -0.25) is 4.79 Å². The lowest BCUT2D eigenvalue weighted by Crippen LogP contribution is -2.15. The molecule has 6 nitrogen and oxygen atoms in total. The van der Waals surface area contributed by atoms with Crippen LogP contribution in [0.5, 0.6) is 0 Å². The number of ether oxygens (including phenoxy) is 3. The molecule has 0 saturated heterocycles. The van der Waals surface area contributed by atoms with Crippen LogP contribution in [0.1, 0.15) is 23.6 Å².